The first-order valence-electron chi connectivity index (χ1n) is 4.50. The van der Waals surface area contributed by atoms with Gasteiger partial charge in [-0.3, -0.25) is 0 Å². The van der Waals surface area contributed by atoms with Crippen molar-refractivity contribution in [1.82, 2.24) is 0 Å². The summed E-state index contributed by atoms with van der Waals surface area (Å²) in [6.07, 6.45) is 0.676. The van der Waals surface area contributed by atoms with Gasteiger partial charge in [-0.2, -0.15) is 0 Å². The van der Waals surface area contributed by atoms with E-state index in [1.807, 2.05) is 24.3 Å². The lowest BCUT2D eigenvalue weighted by molar-refractivity contribution is -0.134. The third kappa shape index (κ3) is 2.32. The molecule has 1 aromatic carbocycles. The lowest BCUT2D eigenvalue weighted by atomic mass is 10.1. The van der Waals surface area contributed by atoms with Gasteiger partial charge >= 0.3 is 5.97 Å². The molecular weight excluding hydrogens is 324 g/mol. The minimum atomic E-state index is -0.218. The highest BCUT2D eigenvalue weighted by molar-refractivity contribution is 9.15. The van der Waals surface area contributed by atoms with Gasteiger partial charge in [0.25, 0.3) is 0 Å². The maximum absolute atomic E-state index is 11.3. The number of hydrogen-bond donors (Lipinski definition) is 0. The van der Waals surface area contributed by atoms with Crippen LogP contribution in [0.4, 0.5) is 0 Å². The number of halogens is 2. The predicted molar refractivity (Wildman–Crippen MR) is 65.6 cm³/mol. The molecule has 1 fully saturated rings. The Kier molecular flexibility index (Phi) is 3.26. The maximum Gasteiger partial charge on any atom is 0.335 e. The van der Waals surface area contributed by atoms with Gasteiger partial charge < -0.3 is 4.74 Å². The molecule has 1 aromatic rings. The Hall–Kier alpha value is -0.610. The standard InChI is InChI=1S/C11H8Br2O2/c12-8-3-1-7(2-4-8)10(13)9-5-6-15-11(9)14/h1-4H,5-6H2/b10-9-. The summed E-state index contributed by atoms with van der Waals surface area (Å²) in [7, 11) is 0. The molecule has 0 spiro atoms. The van der Waals surface area contributed by atoms with E-state index in [-0.39, 0.29) is 5.97 Å². The van der Waals surface area contributed by atoms with Crippen LogP contribution in [-0.4, -0.2) is 12.6 Å². The van der Waals surface area contributed by atoms with Crippen LogP contribution in [0.25, 0.3) is 4.48 Å². The molecule has 0 aliphatic carbocycles. The molecule has 0 radical (unpaired) electrons. The highest BCUT2D eigenvalue weighted by Crippen LogP contribution is 2.31. The quantitative estimate of drug-likeness (QED) is 0.581. The van der Waals surface area contributed by atoms with E-state index in [0.29, 0.717) is 13.0 Å². The van der Waals surface area contributed by atoms with Gasteiger partial charge in [0.2, 0.25) is 0 Å². The minimum Gasteiger partial charge on any atom is -0.462 e. The summed E-state index contributed by atoms with van der Waals surface area (Å²) in [4.78, 5) is 11.3. The first-order chi connectivity index (χ1) is 7.18. The molecule has 1 heterocycles. The number of rotatable bonds is 1. The largest absolute Gasteiger partial charge is 0.462 e. The summed E-state index contributed by atoms with van der Waals surface area (Å²) in [6, 6.07) is 7.79. The summed E-state index contributed by atoms with van der Waals surface area (Å²) in [5.74, 6) is -0.218. The van der Waals surface area contributed by atoms with E-state index in [4.69, 9.17) is 4.74 Å². The minimum absolute atomic E-state index is 0.218. The number of carbonyl (C=O) groups is 1. The van der Waals surface area contributed by atoms with Crippen LogP contribution in [0.5, 0.6) is 0 Å². The van der Waals surface area contributed by atoms with Gasteiger partial charge in [-0.15, -0.1) is 0 Å². The Morgan fingerprint density at radius 1 is 1.27 bits per heavy atom. The fraction of sp³-hybridized carbons (Fsp3) is 0.182. The average molecular weight is 332 g/mol. The topological polar surface area (TPSA) is 26.3 Å². The van der Waals surface area contributed by atoms with E-state index in [0.717, 1.165) is 20.1 Å². The summed E-state index contributed by atoms with van der Waals surface area (Å²) >= 11 is 6.81. The van der Waals surface area contributed by atoms with Gasteiger partial charge in [0.15, 0.2) is 0 Å². The molecule has 0 bridgehead atoms. The van der Waals surface area contributed by atoms with Gasteiger partial charge in [0, 0.05) is 15.4 Å². The molecule has 0 atom stereocenters. The van der Waals surface area contributed by atoms with Crippen LogP contribution in [0, 0.1) is 0 Å². The van der Waals surface area contributed by atoms with E-state index in [2.05, 4.69) is 31.9 Å². The Bertz CT molecular complexity index is 421. The molecule has 15 heavy (non-hydrogen) atoms. The fourth-order valence-corrected chi connectivity index (χ4v) is 2.29. The molecule has 1 saturated heterocycles. The van der Waals surface area contributed by atoms with E-state index in [9.17, 15) is 4.79 Å². The van der Waals surface area contributed by atoms with E-state index in [1.54, 1.807) is 0 Å². The van der Waals surface area contributed by atoms with E-state index in [1.165, 1.54) is 0 Å². The third-order valence-electron chi connectivity index (χ3n) is 2.19. The molecule has 0 saturated carbocycles. The predicted octanol–water partition coefficient (Wildman–Crippen LogP) is 3.50. The normalized spacial score (nSPS) is 18.9. The molecule has 1 aliphatic rings. The second-order valence-electron chi connectivity index (χ2n) is 3.19. The van der Waals surface area contributed by atoms with Crippen molar-refractivity contribution in [2.45, 2.75) is 6.42 Å². The maximum atomic E-state index is 11.3. The number of esters is 1. The zero-order chi connectivity index (χ0) is 10.8. The number of benzene rings is 1. The smallest absolute Gasteiger partial charge is 0.335 e. The highest BCUT2D eigenvalue weighted by Gasteiger charge is 2.22. The van der Waals surface area contributed by atoms with Gasteiger partial charge in [-0.25, -0.2) is 4.79 Å². The van der Waals surface area contributed by atoms with Crippen LogP contribution in [0.15, 0.2) is 34.3 Å². The molecule has 2 nitrogen and oxygen atoms in total. The summed E-state index contributed by atoms with van der Waals surface area (Å²) in [6.45, 7) is 0.486. The van der Waals surface area contributed by atoms with Crippen molar-refractivity contribution in [3.05, 3.63) is 39.9 Å². The molecule has 0 amide bonds. The molecule has 1 aliphatic heterocycles. The van der Waals surface area contributed by atoms with E-state index >= 15 is 0 Å². The van der Waals surface area contributed by atoms with Crippen molar-refractivity contribution < 1.29 is 9.53 Å². The summed E-state index contributed by atoms with van der Waals surface area (Å²) in [5, 5.41) is 0. The molecular formula is C11H8Br2O2. The van der Waals surface area contributed by atoms with Crippen LogP contribution in [0.1, 0.15) is 12.0 Å². The van der Waals surface area contributed by atoms with Crippen LogP contribution in [-0.2, 0) is 9.53 Å². The first kappa shape index (κ1) is 10.9. The number of cyclic esters (lactones) is 1. The number of hydrogen-bond acceptors (Lipinski definition) is 2. The van der Waals surface area contributed by atoms with Crippen molar-refractivity contribution in [2.75, 3.05) is 6.61 Å². The Morgan fingerprint density at radius 2 is 1.93 bits per heavy atom. The second-order valence-corrected chi connectivity index (χ2v) is 4.89. The molecule has 0 N–H and O–H groups in total. The van der Waals surface area contributed by atoms with Gasteiger partial charge in [0.05, 0.1) is 12.2 Å². The Labute approximate surface area is 105 Å². The number of ether oxygens (including phenoxy) is 1. The number of carbonyl (C=O) groups excluding carboxylic acids is 1. The molecule has 78 valence electrons. The zero-order valence-electron chi connectivity index (χ0n) is 7.80. The lowest BCUT2D eigenvalue weighted by Gasteiger charge is -2.02. The van der Waals surface area contributed by atoms with Crippen LogP contribution >= 0.6 is 31.9 Å². The van der Waals surface area contributed by atoms with Crippen molar-refractivity contribution in [1.29, 1.82) is 0 Å². The van der Waals surface area contributed by atoms with Crippen LogP contribution in [0.2, 0.25) is 0 Å². The molecule has 0 aromatic heterocycles. The Morgan fingerprint density at radius 3 is 2.47 bits per heavy atom. The lowest BCUT2D eigenvalue weighted by Crippen LogP contribution is -1.96. The van der Waals surface area contributed by atoms with Gasteiger partial charge in [-0.1, -0.05) is 28.1 Å². The van der Waals surface area contributed by atoms with Crippen LogP contribution in [0.3, 0.4) is 0 Å². The molecule has 4 heteroatoms. The van der Waals surface area contributed by atoms with Gasteiger partial charge in [-0.05, 0) is 33.6 Å². The first-order valence-corrected chi connectivity index (χ1v) is 6.09. The van der Waals surface area contributed by atoms with Crippen molar-refractivity contribution in [3.8, 4) is 0 Å². The van der Waals surface area contributed by atoms with Gasteiger partial charge in [0.1, 0.15) is 0 Å². The fourth-order valence-electron chi connectivity index (χ4n) is 1.40. The van der Waals surface area contributed by atoms with Crippen molar-refractivity contribution >= 4 is 42.3 Å². The van der Waals surface area contributed by atoms with E-state index < -0.39 is 0 Å². The van der Waals surface area contributed by atoms with Crippen LogP contribution < -0.4 is 0 Å². The second kappa shape index (κ2) is 4.49. The molecule has 2 rings (SSSR count). The average Bonchev–Trinajstić information content (AvgIpc) is 2.65. The zero-order valence-corrected chi connectivity index (χ0v) is 11.0. The SMILES string of the molecule is O=C1OCC/C1=C(/Br)c1ccc(Br)cc1. The Balaban J connectivity index is 2.38. The van der Waals surface area contributed by atoms with Crippen molar-refractivity contribution in [3.63, 3.8) is 0 Å². The van der Waals surface area contributed by atoms with Crippen molar-refractivity contribution in [2.24, 2.45) is 0 Å². The monoisotopic (exact) mass is 330 g/mol. The molecule has 0 unspecified atom stereocenters. The summed E-state index contributed by atoms with van der Waals surface area (Å²) < 4.78 is 6.75. The highest BCUT2D eigenvalue weighted by atomic mass is 79.9. The third-order valence-corrected chi connectivity index (χ3v) is 3.66. The summed E-state index contributed by atoms with van der Waals surface area (Å²) in [5.41, 5.74) is 1.71.